The molecule has 0 saturated heterocycles. The van der Waals surface area contributed by atoms with Crippen LogP contribution in [0.3, 0.4) is 0 Å². The summed E-state index contributed by atoms with van der Waals surface area (Å²) in [6.07, 6.45) is 0.437. The molecule has 0 amide bonds. The lowest BCUT2D eigenvalue weighted by Gasteiger charge is -2.13. The van der Waals surface area contributed by atoms with E-state index in [0.717, 1.165) is 23.1 Å². The third-order valence-electron chi connectivity index (χ3n) is 3.88. The molecule has 2 aromatic rings. The van der Waals surface area contributed by atoms with Crippen molar-refractivity contribution in [1.29, 1.82) is 0 Å². The van der Waals surface area contributed by atoms with Crippen molar-refractivity contribution in [2.75, 3.05) is 0 Å². The van der Waals surface area contributed by atoms with Gasteiger partial charge in [0.2, 0.25) is 0 Å². The van der Waals surface area contributed by atoms with Gasteiger partial charge in [-0.05, 0) is 18.9 Å². The van der Waals surface area contributed by atoms with E-state index in [-0.39, 0.29) is 11.7 Å². The maximum Gasteiger partial charge on any atom is 0.141 e. The van der Waals surface area contributed by atoms with Crippen LogP contribution >= 0.6 is 0 Å². The van der Waals surface area contributed by atoms with E-state index in [4.69, 9.17) is 0 Å². The summed E-state index contributed by atoms with van der Waals surface area (Å²) in [6, 6.07) is 8.13. The Labute approximate surface area is 114 Å². The Balaban J connectivity index is 2.33. The average molecular weight is 258 g/mol. The van der Waals surface area contributed by atoms with Crippen molar-refractivity contribution in [1.82, 2.24) is 9.78 Å². The second-order valence-electron chi connectivity index (χ2n) is 5.46. The molecule has 3 heteroatoms. The standard InChI is InChI=1S/C16H22N2O/c1-5-18-15-9-7-6-8-13(15)14(17-18)10-16(19)12(4)11(2)3/h6-9,11-12H,5,10H2,1-4H3. The molecule has 3 nitrogen and oxygen atoms in total. The first kappa shape index (κ1) is 13.8. The van der Waals surface area contributed by atoms with Crippen molar-refractivity contribution in [2.24, 2.45) is 11.8 Å². The topological polar surface area (TPSA) is 34.9 Å². The molecular weight excluding hydrogens is 236 g/mol. The average Bonchev–Trinajstić information content (AvgIpc) is 2.76. The zero-order valence-electron chi connectivity index (χ0n) is 12.2. The molecule has 0 bridgehead atoms. The summed E-state index contributed by atoms with van der Waals surface area (Å²) in [5, 5.41) is 5.69. The molecule has 0 radical (unpaired) electrons. The lowest BCUT2D eigenvalue weighted by molar-refractivity contribution is -0.122. The van der Waals surface area contributed by atoms with Crippen LogP contribution in [0.1, 0.15) is 33.4 Å². The molecule has 102 valence electrons. The predicted molar refractivity (Wildman–Crippen MR) is 78.1 cm³/mol. The third-order valence-corrected chi connectivity index (χ3v) is 3.88. The van der Waals surface area contributed by atoms with Gasteiger partial charge in [0.25, 0.3) is 0 Å². The van der Waals surface area contributed by atoms with Gasteiger partial charge in [-0.2, -0.15) is 5.10 Å². The van der Waals surface area contributed by atoms with Crippen LogP contribution in [0.2, 0.25) is 0 Å². The number of rotatable bonds is 5. The molecule has 19 heavy (non-hydrogen) atoms. The second kappa shape index (κ2) is 5.55. The van der Waals surface area contributed by atoms with E-state index in [2.05, 4.69) is 38.0 Å². The van der Waals surface area contributed by atoms with Crippen molar-refractivity contribution in [3.8, 4) is 0 Å². The molecule has 0 fully saturated rings. The van der Waals surface area contributed by atoms with Crippen LogP contribution in [0.25, 0.3) is 10.9 Å². The highest BCUT2D eigenvalue weighted by Gasteiger charge is 2.19. The van der Waals surface area contributed by atoms with E-state index in [9.17, 15) is 4.79 Å². The molecular formula is C16H22N2O. The molecule has 1 heterocycles. The fourth-order valence-electron chi connectivity index (χ4n) is 2.27. The van der Waals surface area contributed by atoms with E-state index in [1.807, 2.05) is 23.7 Å². The fourth-order valence-corrected chi connectivity index (χ4v) is 2.27. The van der Waals surface area contributed by atoms with Crippen LogP contribution in [0.4, 0.5) is 0 Å². The van der Waals surface area contributed by atoms with Gasteiger partial charge in [-0.3, -0.25) is 9.48 Å². The van der Waals surface area contributed by atoms with Crippen LogP contribution in [-0.4, -0.2) is 15.6 Å². The number of carbonyl (C=O) groups excluding carboxylic acids is 1. The number of fused-ring (bicyclic) bond motifs is 1. The van der Waals surface area contributed by atoms with Crippen molar-refractivity contribution in [3.63, 3.8) is 0 Å². The minimum absolute atomic E-state index is 0.0885. The highest BCUT2D eigenvalue weighted by Crippen LogP contribution is 2.21. The van der Waals surface area contributed by atoms with Gasteiger partial charge in [0.1, 0.15) is 5.78 Å². The van der Waals surface area contributed by atoms with Crippen LogP contribution in [0.15, 0.2) is 24.3 Å². The minimum atomic E-state index is 0.0885. The zero-order chi connectivity index (χ0) is 14.0. The Morgan fingerprint density at radius 2 is 1.95 bits per heavy atom. The van der Waals surface area contributed by atoms with Crippen molar-refractivity contribution in [2.45, 2.75) is 40.7 Å². The van der Waals surface area contributed by atoms with Crippen LogP contribution in [0, 0.1) is 11.8 Å². The van der Waals surface area contributed by atoms with E-state index in [1.54, 1.807) is 0 Å². The van der Waals surface area contributed by atoms with Crippen molar-refractivity contribution < 1.29 is 4.79 Å². The molecule has 1 aromatic carbocycles. The first-order valence-electron chi connectivity index (χ1n) is 7.01. The van der Waals surface area contributed by atoms with Crippen molar-refractivity contribution in [3.05, 3.63) is 30.0 Å². The lowest BCUT2D eigenvalue weighted by Crippen LogP contribution is -2.19. The monoisotopic (exact) mass is 258 g/mol. The SMILES string of the molecule is CCn1nc(CC(=O)C(C)C(C)C)c2ccccc21. The van der Waals surface area contributed by atoms with Gasteiger partial charge in [-0.25, -0.2) is 0 Å². The largest absolute Gasteiger partial charge is 0.299 e. The highest BCUT2D eigenvalue weighted by atomic mass is 16.1. The Morgan fingerprint density at radius 3 is 2.58 bits per heavy atom. The summed E-state index contributed by atoms with van der Waals surface area (Å²) < 4.78 is 1.97. The molecule has 1 unspecified atom stereocenters. The third kappa shape index (κ3) is 2.70. The Hall–Kier alpha value is -1.64. The van der Waals surface area contributed by atoms with Gasteiger partial charge in [0, 0.05) is 17.8 Å². The number of aromatic nitrogens is 2. The summed E-state index contributed by atoms with van der Waals surface area (Å²) in [5.74, 6) is 0.749. The Morgan fingerprint density at radius 1 is 1.26 bits per heavy atom. The smallest absolute Gasteiger partial charge is 0.141 e. The van der Waals surface area contributed by atoms with E-state index < -0.39 is 0 Å². The second-order valence-corrected chi connectivity index (χ2v) is 5.46. The van der Waals surface area contributed by atoms with Gasteiger partial charge in [-0.1, -0.05) is 39.0 Å². The van der Waals surface area contributed by atoms with E-state index in [0.29, 0.717) is 12.3 Å². The molecule has 0 aliphatic rings. The zero-order valence-corrected chi connectivity index (χ0v) is 12.2. The molecule has 0 saturated carbocycles. The molecule has 1 aromatic heterocycles. The van der Waals surface area contributed by atoms with Gasteiger partial charge >= 0.3 is 0 Å². The minimum Gasteiger partial charge on any atom is -0.299 e. The lowest BCUT2D eigenvalue weighted by atomic mass is 9.91. The molecule has 2 rings (SSSR count). The van der Waals surface area contributed by atoms with E-state index in [1.165, 1.54) is 0 Å². The molecule has 0 aliphatic heterocycles. The maximum absolute atomic E-state index is 12.2. The summed E-state index contributed by atoms with van der Waals surface area (Å²) in [5.41, 5.74) is 2.03. The fraction of sp³-hybridized carbons (Fsp3) is 0.500. The summed E-state index contributed by atoms with van der Waals surface area (Å²) in [4.78, 5) is 12.2. The maximum atomic E-state index is 12.2. The number of para-hydroxylation sites is 1. The first-order chi connectivity index (χ1) is 9.04. The number of carbonyl (C=O) groups is 1. The molecule has 0 aliphatic carbocycles. The normalized spacial score (nSPS) is 13.1. The van der Waals surface area contributed by atoms with Gasteiger partial charge < -0.3 is 0 Å². The predicted octanol–water partition coefficient (Wildman–Crippen LogP) is 3.46. The number of Topliss-reactive ketones (excluding diaryl/α,β-unsaturated/α-hetero) is 1. The van der Waals surface area contributed by atoms with Gasteiger partial charge in [0.05, 0.1) is 17.6 Å². The molecule has 0 N–H and O–H groups in total. The Kier molecular flexibility index (Phi) is 4.03. The van der Waals surface area contributed by atoms with E-state index >= 15 is 0 Å². The quantitative estimate of drug-likeness (QED) is 0.823. The van der Waals surface area contributed by atoms with Crippen LogP contribution < -0.4 is 0 Å². The number of nitrogens with zero attached hydrogens (tertiary/aromatic N) is 2. The number of ketones is 1. The summed E-state index contributed by atoms with van der Waals surface area (Å²) in [6.45, 7) is 9.08. The van der Waals surface area contributed by atoms with Crippen molar-refractivity contribution >= 4 is 16.7 Å². The number of hydrogen-bond acceptors (Lipinski definition) is 2. The summed E-state index contributed by atoms with van der Waals surface area (Å²) in [7, 11) is 0. The molecule has 1 atom stereocenters. The van der Waals surface area contributed by atoms with Gasteiger partial charge in [-0.15, -0.1) is 0 Å². The number of hydrogen-bond donors (Lipinski definition) is 0. The van der Waals surface area contributed by atoms with Crippen LogP contribution in [-0.2, 0) is 17.8 Å². The van der Waals surface area contributed by atoms with Gasteiger partial charge in [0.15, 0.2) is 0 Å². The highest BCUT2D eigenvalue weighted by molar-refractivity contribution is 5.89. The Bertz CT molecular complexity index is 583. The van der Waals surface area contributed by atoms with Crippen LogP contribution in [0.5, 0.6) is 0 Å². The molecule has 0 spiro atoms. The first-order valence-corrected chi connectivity index (χ1v) is 7.01. The summed E-state index contributed by atoms with van der Waals surface area (Å²) >= 11 is 0. The number of benzene rings is 1. The number of aryl methyl sites for hydroxylation is 1.